The molecule has 55 valence electrons. The van der Waals surface area contributed by atoms with Crippen molar-refractivity contribution in [2.24, 2.45) is 0 Å². The van der Waals surface area contributed by atoms with Gasteiger partial charge in [0, 0.05) is 0 Å². The zero-order chi connectivity index (χ0) is 6.24. The van der Waals surface area contributed by atoms with E-state index in [2.05, 4.69) is 19.2 Å². The Kier molecular flexibility index (Phi) is 25.8. The van der Waals surface area contributed by atoms with Gasteiger partial charge in [-0.25, -0.2) is 0 Å². The summed E-state index contributed by atoms with van der Waals surface area (Å²) in [5.74, 6) is 0. The normalized spacial score (nSPS) is 5.20. The predicted octanol–water partition coefficient (Wildman–Crippen LogP) is 2.54. The zero-order valence-electron chi connectivity index (χ0n) is 6.02. The van der Waals surface area contributed by atoms with E-state index in [4.69, 9.17) is 0 Å². The third kappa shape index (κ3) is 10.5. The SMILES string of the molecule is [CH-]=C.[CH3-].[Ru+3].[c-]1ccccc1. The van der Waals surface area contributed by atoms with Gasteiger partial charge in [0.15, 0.2) is 0 Å². The summed E-state index contributed by atoms with van der Waals surface area (Å²) < 4.78 is 0. The topological polar surface area (TPSA) is 0 Å². The van der Waals surface area contributed by atoms with Crippen LogP contribution >= 0.6 is 0 Å². The van der Waals surface area contributed by atoms with Crippen LogP contribution in [0.5, 0.6) is 0 Å². The Labute approximate surface area is 76.7 Å². The Morgan fingerprint density at radius 2 is 1.40 bits per heavy atom. The van der Waals surface area contributed by atoms with Crippen LogP contribution < -0.4 is 0 Å². The molecule has 0 aliphatic rings. The molecule has 0 heterocycles. The molecule has 0 saturated carbocycles. The second-order valence-corrected chi connectivity index (χ2v) is 1.08. The van der Waals surface area contributed by atoms with Gasteiger partial charge >= 0.3 is 19.5 Å². The maximum absolute atomic E-state index is 4.25. The van der Waals surface area contributed by atoms with Crippen molar-refractivity contribution in [2.45, 2.75) is 0 Å². The average Bonchev–Trinajstić information content (AvgIpc) is 1.96. The third-order valence-corrected chi connectivity index (χ3v) is 0.607. The van der Waals surface area contributed by atoms with Crippen molar-refractivity contribution < 1.29 is 19.5 Å². The van der Waals surface area contributed by atoms with E-state index in [1.165, 1.54) is 0 Å². The molecule has 0 aliphatic heterocycles. The zero-order valence-corrected chi connectivity index (χ0v) is 7.76. The summed E-state index contributed by atoms with van der Waals surface area (Å²) in [5, 5.41) is 0. The fourth-order valence-electron chi connectivity index (χ4n) is 0.342. The summed E-state index contributed by atoms with van der Waals surface area (Å²) in [7, 11) is 0. The van der Waals surface area contributed by atoms with Crippen LogP contribution in [0.1, 0.15) is 0 Å². The molecule has 1 rings (SSSR count). The van der Waals surface area contributed by atoms with Crippen molar-refractivity contribution in [2.75, 3.05) is 0 Å². The van der Waals surface area contributed by atoms with E-state index < -0.39 is 0 Å². The van der Waals surface area contributed by atoms with Gasteiger partial charge in [0.2, 0.25) is 0 Å². The van der Waals surface area contributed by atoms with Gasteiger partial charge in [-0.2, -0.15) is 36.4 Å². The number of hydrogen-bond donors (Lipinski definition) is 0. The first kappa shape index (κ1) is 16.3. The second kappa shape index (κ2) is 15.8. The largest absolute Gasteiger partial charge is 3.00 e. The van der Waals surface area contributed by atoms with Gasteiger partial charge in [-0.1, -0.05) is 0 Å². The molecular formula is C9H11Ru. The maximum atomic E-state index is 4.25. The first-order chi connectivity index (χ1) is 4.00. The summed E-state index contributed by atoms with van der Waals surface area (Å²) in [6.07, 6.45) is 0. The molecule has 0 saturated heterocycles. The van der Waals surface area contributed by atoms with Crippen LogP contribution in [0.3, 0.4) is 0 Å². The summed E-state index contributed by atoms with van der Waals surface area (Å²) >= 11 is 0. The smallest absolute Gasteiger partial charge is 0.521 e. The quantitative estimate of drug-likeness (QED) is 0.465. The van der Waals surface area contributed by atoms with E-state index >= 15 is 0 Å². The van der Waals surface area contributed by atoms with E-state index in [9.17, 15) is 0 Å². The molecule has 0 unspecified atom stereocenters. The number of hydrogen-bond acceptors (Lipinski definition) is 0. The van der Waals surface area contributed by atoms with Gasteiger partial charge in [-0.15, -0.1) is 0 Å². The minimum Gasteiger partial charge on any atom is -0.521 e. The van der Waals surface area contributed by atoms with Gasteiger partial charge in [-0.05, 0) is 0 Å². The summed E-state index contributed by atoms with van der Waals surface area (Å²) in [6, 6.07) is 12.5. The van der Waals surface area contributed by atoms with E-state index in [0.717, 1.165) is 0 Å². The van der Waals surface area contributed by atoms with Gasteiger partial charge in [-0.3, -0.25) is 6.58 Å². The minimum atomic E-state index is 0. The Balaban J connectivity index is -0.000000114. The van der Waals surface area contributed by atoms with Gasteiger partial charge < -0.3 is 14.0 Å². The number of rotatable bonds is 0. The molecular weight excluding hydrogens is 209 g/mol. The molecule has 1 heteroatoms. The standard InChI is InChI=1S/C6H5.C2H3.CH3.Ru/c1-2-4-6-5-3-1;1-2;;/h1-5H;1H,2H2;1H3;/q3*-1;+3. The third-order valence-electron chi connectivity index (χ3n) is 0.607. The minimum absolute atomic E-state index is 0. The first-order valence-corrected chi connectivity index (χ1v) is 2.32. The Morgan fingerprint density at radius 1 is 1.00 bits per heavy atom. The van der Waals surface area contributed by atoms with Crippen molar-refractivity contribution in [1.82, 2.24) is 0 Å². The summed E-state index contributed by atoms with van der Waals surface area (Å²) in [6.45, 7) is 7.00. The Morgan fingerprint density at radius 3 is 1.50 bits per heavy atom. The molecule has 0 aromatic heterocycles. The molecule has 0 N–H and O–H groups in total. The van der Waals surface area contributed by atoms with Crippen LogP contribution in [0.25, 0.3) is 0 Å². The van der Waals surface area contributed by atoms with Crippen LogP contribution in [-0.2, 0) is 19.5 Å². The average molecular weight is 220 g/mol. The van der Waals surface area contributed by atoms with Crippen LogP contribution in [-0.4, -0.2) is 0 Å². The van der Waals surface area contributed by atoms with Crippen LogP contribution in [0.15, 0.2) is 36.9 Å². The Hall–Kier alpha value is -0.417. The van der Waals surface area contributed by atoms with E-state index in [1.54, 1.807) is 0 Å². The first-order valence-electron chi connectivity index (χ1n) is 2.32. The maximum Gasteiger partial charge on any atom is 3.00 e. The summed E-state index contributed by atoms with van der Waals surface area (Å²) in [5.41, 5.74) is 0. The molecule has 1 aromatic rings. The molecule has 0 amide bonds. The summed E-state index contributed by atoms with van der Waals surface area (Å²) in [4.78, 5) is 0. The molecule has 10 heavy (non-hydrogen) atoms. The van der Waals surface area contributed by atoms with Gasteiger partial charge in [0.1, 0.15) is 0 Å². The van der Waals surface area contributed by atoms with Crippen LogP contribution in [0.4, 0.5) is 0 Å². The van der Waals surface area contributed by atoms with E-state index in [-0.39, 0.29) is 26.9 Å². The Bertz CT molecular complexity index is 87.6. The fourth-order valence-corrected chi connectivity index (χ4v) is 0.342. The molecule has 0 atom stereocenters. The van der Waals surface area contributed by atoms with E-state index in [0.29, 0.717) is 0 Å². The van der Waals surface area contributed by atoms with Gasteiger partial charge in [0.25, 0.3) is 0 Å². The molecule has 1 radical (unpaired) electrons. The van der Waals surface area contributed by atoms with Crippen molar-refractivity contribution >= 4 is 0 Å². The second-order valence-electron chi connectivity index (χ2n) is 1.08. The van der Waals surface area contributed by atoms with Gasteiger partial charge in [0.05, 0.1) is 0 Å². The molecule has 0 bridgehead atoms. The molecule has 0 fully saturated rings. The van der Waals surface area contributed by atoms with Crippen LogP contribution in [0.2, 0.25) is 0 Å². The van der Waals surface area contributed by atoms with E-state index in [1.807, 2.05) is 30.3 Å². The van der Waals surface area contributed by atoms with Crippen molar-refractivity contribution in [3.63, 3.8) is 0 Å². The van der Waals surface area contributed by atoms with Crippen molar-refractivity contribution in [3.8, 4) is 0 Å². The van der Waals surface area contributed by atoms with Crippen molar-refractivity contribution in [1.29, 1.82) is 0 Å². The monoisotopic (exact) mass is 221 g/mol. The predicted molar refractivity (Wildman–Crippen MR) is 41.6 cm³/mol. The molecule has 0 aliphatic carbocycles. The molecule has 0 spiro atoms. The fraction of sp³-hybridized carbons (Fsp3) is 0. The van der Waals surface area contributed by atoms with Crippen molar-refractivity contribution in [3.05, 3.63) is 57.0 Å². The number of benzene rings is 1. The molecule has 1 aromatic carbocycles. The van der Waals surface area contributed by atoms with Crippen LogP contribution in [0, 0.1) is 20.1 Å². The molecule has 0 nitrogen and oxygen atoms in total.